The van der Waals surface area contributed by atoms with E-state index >= 15 is 0 Å². The number of fused-ring (bicyclic) bond motifs is 1. The van der Waals surface area contributed by atoms with Gasteiger partial charge in [0.15, 0.2) is 5.67 Å². The van der Waals surface area contributed by atoms with Crippen LogP contribution in [-0.4, -0.2) is 23.1 Å². The van der Waals surface area contributed by atoms with E-state index in [1.807, 2.05) is 6.92 Å². The lowest BCUT2D eigenvalue weighted by Crippen LogP contribution is -2.32. The van der Waals surface area contributed by atoms with Gasteiger partial charge in [0.05, 0.1) is 5.71 Å². The van der Waals surface area contributed by atoms with Crippen LogP contribution in [0, 0.1) is 0 Å². The topological polar surface area (TPSA) is 32.6 Å². The number of hydrogen-bond acceptors (Lipinski definition) is 2. The predicted molar refractivity (Wildman–Crippen MR) is 61.8 cm³/mol. The Bertz CT molecular complexity index is 422. The number of alkyl halides is 1. The van der Waals surface area contributed by atoms with Gasteiger partial charge in [-0.25, -0.2) is 4.39 Å². The zero-order valence-corrected chi connectivity index (χ0v) is 9.88. The number of halogens is 2. The molecule has 0 aromatic heterocycles. The molecule has 15 heavy (non-hydrogen) atoms. The summed E-state index contributed by atoms with van der Waals surface area (Å²) in [5, 5.41) is 8.85. The normalized spacial score (nSPS) is 29.1. The van der Waals surface area contributed by atoms with Crippen LogP contribution in [0.1, 0.15) is 13.3 Å². The monoisotopic (exact) mass is 271 g/mol. The number of aliphatic imine (C=N–C) groups is 1. The summed E-state index contributed by atoms with van der Waals surface area (Å²) < 4.78 is 15.4. The van der Waals surface area contributed by atoms with Crippen LogP contribution in [0.25, 0.3) is 0 Å². The molecule has 1 atom stereocenters. The number of aliphatic hydroxyl groups excluding tert-OH is 1. The summed E-state index contributed by atoms with van der Waals surface area (Å²) in [4.78, 5) is 4.03. The molecule has 0 saturated heterocycles. The molecule has 80 valence electrons. The van der Waals surface area contributed by atoms with Gasteiger partial charge >= 0.3 is 0 Å². The van der Waals surface area contributed by atoms with Crippen LogP contribution in [-0.2, 0) is 0 Å². The molecule has 1 N–H and O–H groups in total. The van der Waals surface area contributed by atoms with Crippen LogP contribution < -0.4 is 0 Å². The molecule has 1 aliphatic carbocycles. The molecular weight excluding hydrogens is 261 g/mol. The Balaban J connectivity index is 2.39. The zero-order valence-electron chi connectivity index (χ0n) is 8.30. The van der Waals surface area contributed by atoms with Gasteiger partial charge in [-0.15, -0.1) is 0 Å². The molecule has 0 aromatic rings. The number of nitrogens with zero attached hydrogens (tertiary/aromatic N) is 1. The fourth-order valence-corrected chi connectivity index (χ4v) is 2.11. The van der Waals surface area contributed by atoms with Crippen molar-refractivity contribution in [1.29, 1.82) is 0 Å². The molecule has 0 aromatic carbocycles. The first-order valence-electron chi connectivity index (χ1n) is 4.72. The minimum Gasteiger partial charge on any atom is -0.396 e. The second kappa shape index (κ2) is 3.68. The van der Waals surface area contributed by atoms with Gasteiger partial charge in [-0.05, 0) is 36.6 Å². The van der Waals surface area contributed by atoms with Gasteiger partial charge in [-0.3, -0.25) is 4.99 Å². The van der Waals surface area contributed by atoms with Gasteiger partial charge in [0.2, 0.25) is 0 Å². The molecule has 0 spiro atoms. The van der Waals surface area contributed by atoms with Crippen molar-refractivity contribution in [2.24, 2.45) is 4.99 Å². The maximum absolute atomic E-state index is 14.6. The summed E-state index contributed by atoms with van der Waals surface area (Å²) in [6.45, 7) is 1.78. The van der Waals surface area contributed by atoms with Crippen LogP contribution in [0.3, 0.4) is 0 Å². The fraction of sp³-hybridized carbons (Fsp3) is 0.364. The van der Waals surface area contributed by atoms with Gasteiger partial charge in [0.1, 0.15) is 0 Å². The Morgan fingerprint density at radius 2 is 2.33 bits per heavy atom. The fourth-order valence-electron chi connectivity index (χ4n) is 1.78. The Hall–Kier alpha value is -0.740. The molecule has 1 aliphatic heterocycles. The smallest absolute Gasteiger partial charge is 0.194 e. The summed E-state index contributed by atoms with van der Waals surface area (Å²) in [7, 11) is 0. The first kappa shape index (κ1) is 10.8. The lowest BCUT2D eigenvalue weighted by Gasteiger charge is -2.25. The highest BCUT2D eigenvalue weighted by Gasteiger charge is 2.41. The molecule has 2 rings (SSSR count). The molecule has 0 radical (unpaired) electrons. The predicted octanol–water partition coefficient (Wildman–Crippen LogP) is 2.65. The average Bonchev–Trinajstić information content (AvgIpc) is 2.46. The van der Waals surface area contributed by atoms with E-state index in [1.165, 1.54) is 6.20 Å². The molecule has 0 amide bonds. The largest absolute Gasteiger partial charge is 0.396 e. The minimum atomic E-state index is -1.61. The minimum absolute atomic E-state index is 0.0575. The van der Waals surface area contributed by atoms with E-state index in [4.69, 9.17) is 5.11 Å². The van der Waals surface area contributed by atoms with E-state index in [1.54, 1.807) is 12.2 Å². The van der Waals surface area contributed by atoms with Crippen molar-refractivity contribution < 1.29 is 9.50 Å². The van der Waals surface area contributed by atoms with Gasteiger partial charge in [-0.1, -0.05) is 15.9 Å². The second-order valence-corrected chi connectivity index (χ2v) is 4.53. The van der Waals surface area contributed by atoms with Gasteiger partial charge in [-0.2, -0.15) is 0 Å². The lowest BCUT2D eigenvalue weighted by molar-refractivity contribution is 0.282. The van der Waals surface area contributed by atoms with Crippen LogP contribution in [0.15, 0.2) is 39.0 Å². The molecule has 0 saturated carbocycles. The third kappa shape index (κ3) is 1.62. The van der Waals surface area contributed by atoms with Crippen LogP contribution in [0.4, 0.5) is 4.39 Å². The summed E-state index contributed by atoms with van der Waals surface area (Å²) in [6.07, 6.45) is 5.07. The van der Waals surface area contributed by atoms with Crippen LogP contribution in [0.2, 0.25) is 0 Å². The third-order valence-corrected chi connectivity index (χ3v) is 3.49. The van der Waals surface area contributed by atoms with Gasteiger partial charge in [0.25, 0.3) is 0 Å². The number of rotatable bonds is 2. The summed E-state index contributed by atoms with van der Waals surface area (Å²) in [5.41, 5.74) is 0.158. The molecular formula is C11H11BrFNO. The van der Waals surface area contributed by atoms with Crippen molar-refractivity contribution in [2.75, 3.05) is 6.61 Å². The molecule has 4 heteroatoms. The molecule has 2 aliphatic rings. The maximum atomic E-state index is 14.6. The van der Waals surface area contributed by atoms with Crippen molar-refractivity contribution in [3.05, 3.63) is 34.0 Å². The summed E-state index contributed by atoms with van der Waals surface area (Å²) >= 11 is 3.35. The molecule has 1 unspecified atom stereocenters. The standard InChI is InChI=1S/C11H11BrFNO/c1-7-5-11(13)8(2-3-15)6-14-10(11)4-9(7)12/h4-6,15H,2-3H2,1H3. The Labute approximate surface area is 96.0 Å². The van der Waals surface area contributed by atoms with Crippen LogP contribution in [0.5, 0.6) is 0 Å². The van der Waals surface area contributed by atoms with E-state index in [0.29, 0.717) is 17.7 Å². The quantitative estimate of drug-likeness (QED) is 0.823. The molecule has 1 heterocycles. The van der Waals surface area contributed by atoms with Crippen LogP contribution >= 0.6 is 15.9 Å². The van der Waals surface area contributed by atoms with E-state index in [9.17, 15) is 4.39 Å². The highest BCUT2D eigenvalue weighted by Crippen LogP contribution is 2.39. The SMILES string of the molecule is CC1=CC2(F)C(CCO)=CN=C2C=C1Br. The Morgan fingerprint density at radius 3 is 3.00 bits per heavy atom. The average molecular weight is 272 g/mol. The summed E-state index contributed by atoms with van der Waals surface area (Å²) in [5.74, 6) is 0. The number of allylic oxidation sites excluding steroid dienone is 4. The number of aliphatic hydroxyl groups is 1. The Kier molecular flexibility index (Phi) is 2.64. The second-order valence-electron chi connectivity index (χ2n) is 3.67. The molecule has 0 fully saturated rings. The first-order chi connectivity index (χ1) is 7.08. The van der Waals surface area contributed by atoms with Crippen molar-refractivity contribution in [1.82, 2.24) is 0 Å². The Morgan fingerprint density at radius 1 is 1.60 bits per heavy atom. The zero-order chi connectivity index (χ0) is 11.1. The van der Waals surface area contributed by atoms with E-state index in [2.05, 4.69) is 20.9 Å². The summed E-state index contributed by atoms with van der Waals surface area (Å²) in [6, 6.07) is 0. The highest BCUT2D eigenvalue weighted by atomic mass is 79.9. The van der Waals surface area contributed by atoms with Crippen molar-refractivity contribution in [2.45, 2.75) is 19.0 Å². The maximum Gasteiger partial charge on any atom is 0.194 e. The number of hydrogen-bond donors (Lipinski definition) is 1. The lowest BCUT2D eigenvalue weighted by atomic mass is 9.85. The third-order valence-electron chi connectivity index (χ3n) is 2.64. The highest BCUT2D eigenvalue weighted by molar-refractivity contribution is 9.12. The van der Waals surface area contributed by atoms with E-state index in [0.717, 1.165) is 10.1 Å². The van der Waals surface area contributed by atoms with E-state index in [-0.39, 0.29) is 6.61 Å². The molecule has 0 bridgehead atoms. The molecule has 2 nitrogen and oxygen atoms in total. The van der Waals surface area contributed by atoms with Crippen molar-refractivity contribution in [3.63, 3.8) is 0 Å². The van der Waals surface area contributed by atoms with Gasteiger partial charge < -0.3 is 5.11 Å². The first-order valence-corrected chi connectivity index (χ1v) is 5.52. The van der Waals surface area contributed by atoms with Crippen molar-refractivity contribution in [3.8, 4) is 0 Å². The van der Waals surface area contributed by atoms with Crippen molar-refractivity contribution >= 4 is 21.6 Å². The van der Waals surface area contributed by atoms with E-state index < -0.39 is 5.67 Å². The van der Waals surface area contributed by atoms with Gasteiger partial charge in [0, 0.05) is 17.3 Å².